The van der Waals surface area contributed by atoms with Gasteiger partial charge >= 0.3 is 0 Å². The monoisotopic (exact) mass is 667 g/mol. The summed E-state index contributed by atoms with van der Waals surface area (Å²) in [6.07, 6.45) is -15.2. The van der Waals surface area contributed by atoms with Gasteiger partial charge < -0.3 is 93.0 Å². The lowest BCUT2D eigenvalue weighted by atomic mass is 9.83. The summed E-state index contributed by atoms with van der Waals surface area (Å²) < 4.78 is 23.2. The zero-order valence-electron chi connectivity index (χ0n) is 25.6. The molecule has 20 heteroatoms. The molecule has 0 aromatic rings. The van der Waals surface area contributed by atoms with Crippen LogP contribution in [0.4, 0.5) is 0 Å². The number of hydrogen-bond acceptors (Lipinski definition) is 17. The largest absolute Gasteiger partial charge is 0.395 e. The summed E-state index contributed by atoms with van der Waals surface area (Å²) in [4.78, 5) is 17.0. The highest BCUT2D eigenvalue weighted by Crippen LogP contribution is 2.40. The third-order valence-electron chi connectivity index (χ3n) is 8.95. The maximum Gasteiger partial charge on any atom is 0.254 e. The van der Waals surface area contributed by atoms with Crippen LogP contribution in [0.25, 0.3) is 0 Å². The Kier molecular flexibility index (Phi) is 11.8. The fraction of sp³-hybridized carbons (Fsp3) is 0.923. The molecule has 0 aromatic heterocycles. The molecule has 17 N–H and O–H groups in total. The normalized spacial score (nSPS) is 47.6. The van der Waals surface area contributed by atoms with Gasteiger partial charge in [0.05, 0.1) is 31.3 Å². The van der Waals surface area contributed by atoms with E-state index in [0.717, 1.165) is 0 Å². The quantitative estimate of drug-likeness (QED) is 0.0522. The van der Waals surface area contributed by atoms with Crippen molar-refractivity contribution in [3.8, 4) is 0 Å². The van der Waals surface area contributed by atoms with Crippen molar-refractivity contribution in [2.45, 2.75) is 117 Å². The molecule has 4 fully saturated rings. The van der Waals surface area contributed by atoms with Gasteiger partial charge in [0.15, 0.2) is 24.1 Å². The number of carbonyl (C=O) groups is 1. The van der Waals surface area contributed by atoms with Crippen LogP contribution in [0.15, 0.2) is 4.99 Å². The molecule has 4 rings (SSSR count). The second kappa shape index (κ2) is 14.7. The van der Waals surface area contributed by atoms with E-state index >= 15 is 0 Å². The number of hydrogen-bond donors (Lipinski definition) is 14. The predicted octanol–water partition coefficient (Wildman–Crippen LogP) is -8.44. The van der Waals surface area contributed by atoms with Gasteiger partial charge in [0, 0.05) is 25.6 Å². The Morgan fingerprint density at radius 2 is 1.67 bits per heavy atom. The number of aliphatic hydroxyl groups excluding tert-OH is 6. The summed E-state index contributed by atoms with van der Waals surface area (Å²) >= 11 is 0. The van der Waals surface area contributed by atoms with E-state index in [0.29, 0.717) is 0 Å². The van der Waals surface area contributed by atoms with Crippen molar-refractivity contribution in [3.63, 3.8) is 0 Å². The van der Waals surface area contributed by atoms with Crippen LogP contribution in [0, 0.1) is 0 Å². The van der Waals surface area contributed by atoms with Gasteiger partial charge in [-0.15, -0.1) is 0 Å². The molecular formula is C26H49N7O13. The zero-order chi connectivity index (χ0) is 34.1. The lowest BCUT2D eigenvalue weighted by molar-refractivity contribution is -0.330. The fourth-order valence-electron chi connectivity index (χ4n) is 6.24. The maximum absolute atomic E-state index is 13.2. The third kappa shape index (κ3) is 7.72. The zero-order valence-corrected chi connectivity index (χ0v) is 25.6. The van der Waals surface area contributed by atoms with Crippen molar-refractivity contribution in [3.05, 3.63) is 0 Å². The summed E-state index contributed by atoms with van der Waals surface area (Å²) in [5, 5.41) is 92.8. The van der Waals surface area contributed by atoms with Gasteiger partial charge in [0.1, 0.15) is 54.4 Å². The van der Waals surface area contributed by atoms with Crippen molar-refractivity contribution in [1.29, 1.82) is 0 Å². The van der Waals surface area contributed by atoms with Crippen LogP contribution in [0.5, 0.6) is 0 Å². The van der Waals surface area contributed by atoms with Gasteiger partial charge in [-0.25, -0.2) is 4.99 Å². The average Bonchev–Trinajstić information content (AvgIpc) is 3.64. The number of likely N-dealkylation sites (N-methyl/N-ethyl adjacent to an activating group) is 1. The number of nitrogens with zero attached hydrogens (tertiary/aromatic N) is 1. The summed E-state index contributed by atoms with van der Waals surface area (Å²) in [6.45, 7) is 1.12. The molecule has 16 atom stereocenters. The number of aliphatic hydroxyl groups is 8. The summed E-state index contributed by atoms with van der Waals surface area (Å²) in [5.41, 5.74) is 13.7. The number of nitrogens with one attached hydrogen (secondary N) is 3. The molecule has 266 valence electrons. The first-order chi connectivity index (χ1) is 21.5. The van der Waals surface area contributed by atoms with E-state index < -0.39 is 103 Å². The van der Waals surface area contributed by atoms with Gasteiger partial charge in [-0.2, -0.15) is 0 Å². The van der Waals surface area contributed by atoms with Crippen molar-refractivity contribution in [1.82, 2.24) is 16.0 Å². The lowest BCUT2D eigenvalue weighted by Crippen LogP contribution is -2.70. The van der Waals surface area contributed by atoms with E-state index in [1.165, 1.54) is 14.0 Å². The number of aliphatic imine (C=N–C) groups is 1. The Bertz CT molecular complexity index is 1070. The van der Waals surface area contributed by atoms with Crippen LogP contribution in [0.1, 0.15) is 19.8 Å². The molecule has 3 unspecified atom stereocenters. The number of guanidine groups is 1. The first-order valence-electron chi connectivity index (χ1n) is 15.1. The minimum absolute atomic E-state index is 0.0262. The molecular weight excluding hydrogens is 618 g/mol. The Morgan fingerprint density at radius 3 is 2.30 bits per heavy atom. The van der Waals surface area contributed by atoms with Crippen LogP contribution < -0.4 is 33.2 Å². The van der Waals surface area contributed by atoms with Crippen LogP contribution in [0.2, 0.25) is 0 Å². The maximum atomic E-state index is 13.2. The second-order valence-corrected chi connectivity index (χ2v) is 12.6. The second-order valence-electron chi connectivity index (χ2n) is 12.6. The topological polar surface area (TPSA) is 342 Å². The summed E-state index contributed by atoms with van der Waals surface area (Å²) in [6, 6.07) is -3.98. The Labute approximate surface area is 264 Å². The highest BCUT2D eigenvalue weighted by molar-refractivity contribution is 5.90. The molecule has 2 aliphatic heterocycles. The molecule has 0 bridgehead atoms. The van der Waals surface area contributed by atoms with E-state index in [4.69, 9.17) is 41.3 Å². The minimum Gasteiger partial charge on any atom is -0.395 e. The summed E-state index contributed by atoms with van der Waals surface area (Å²) in [7, 11) is 1.52. The fourth-order valence-corrected chi connectivity index (χ4v) is 6.24. The molecule has 0 spiro atoms. The molecule has 0 aromatic carbocycles. The van der Waals surface area contributed by atoms with Gasteiger partial charge in [-0.05, 0) is 20.4 Å². The first kappa shape index (κ1) is 37.0. The first-order valence-corrected chi connectivity index (χ1v) is 15.1. The van der Waals surface area contributed by atoms with Crippen LogP contribution in [-0.4, -0.2) is 183 Å². The van der Waals surface area contributed by atoms with Crippen molar-refractivity contribution >= 4 is 11.9 Å². The van der Waals surface area contributed by atoms with Crippen molar-refractivity contribution in [2.24, 2.45) is 22.2 Å². The average molecular weight is 668 g/mol. The number of rotatable bonds is 12. The van der Waals surface area contributed by atoms with E-state index in [9.17, 15) is 40.5 Å². The minimum atomic E-state index is -1.94. The van der Waals surface area contributed by atoms with Gasteiger partial charge in [0.25, 0.3) is 5.91 Å². The van der Waals surface area contributed by atoms with E-state index in [2.05, 4.69) is 20.9 Å². The third-order valence-corrected chi connectivity index (χ3v) is 8.95. The molecule has 4 aliphatic rings. The van der Waals surface area contributed by atoms with E-state index in [-0.39, 0.29) is 45.1 Å². The standard InChI is InChI=1S/C26H49N7O13/c1-25(41)8-43-21(17(39)20(25)30-2)46-19-10(32-23(40)26(42)6-12(26)33-24(28)29)5-9(27)18(16(19)38)45-22-15(37)14(36)13(35)11(44-22)7-31-3-4-34/h9-22,30-31,34-39,41-42H,3-8,27H2,1-2H3,(H,32,40)(H4,28,29,33)/t9-,10+,11+,12?,13+,14-,15+,16-,17+,18?,19-,20+,21+,22+,25-,26?/m0/s1. The van der Waals surface area contributed by atoms with Gasteiger partial charge in [-0.1, -0.05) is 0 Å². The Balaban J connectivity index is 1.55. The molecule has 2 aliphatic carbocycles. The lowest BCUT2D eigenvalue weighted by Gasteiger charge is -2.49. The van der Waals surface area contributed by atoms with Gasteiger partial charge in [0.2, 0.25) is 0 Å². The highest BCUT2D eigenvalue weighted by atomic mass is 16.7. The smallest absolute Gasteiger partial charge is 0.254 e. The molecule has 2 saturated carbocycles. The SMILES string of the molecule is CN[C@@H]1[C@@H](O)[C@@H](O[C@H]2[C@H](NC(=O)C3(O)CC3N=C(N)N)C[C@H](N)C(O[C@H]3O[C@H](CNCCO)[C@@H](O)[C@H](O)[C@H]3O)[C@@H]2O)OC[C@]1(C)O. The van der Waals surface area contributed by atoms with Crippen molar-refractivity contribution in [2.75, 3.05) is 33.4 Å². The van der Waals surface area contributed by atoms with Crippen molar-refractivity contribution < 1.29 is 64.6 Å². The van der Waals surface area contributed by atoms with E-state index in [1.807, 2.05) is 0 Å². The number of carbonyl (C=O) groups excluding carboxylic acids is 1. The molecule has 2 heterocycles. The van der Waals surface area contributed by atoms with Gasteiger partial charge in [-0.3, -0.25) is 4.79 Å². The molecule has 20 nitrogen and oxygen atoms in total. The molecule has 2 saturated heterocycles. The van der Waals surface area contributed by atoms with Crippen LogP contribution in [0.3, 0.4) is 0 Å². The van der Waals surface area contributed by atoms with E-state index in [1.54, 1.807) is 0 Å². The van der Waals surface area contributed by atoms with Crippen LogP contribution in [-0.2, 0) is 23.7 Å². The molecule has 0 radical (unpaired) electrons. The Morgan fingerprint density at radius 1 is 1.00 bits per heavy atom. The predicted molar refractivity (Wildman–Crippen MR) is 155 cm³/mol. The molecule has 1 amide bonds. The highest BCUT2D eigenvalue weighted by Gasteiger charge is 2.61. The number of ether oxygens (including phenoxy) is 4. The van der Waals surface area contributed by atoms with Crippen LogP contribution >= 0.6 is 0 Å². The number of nitrogens with two attached hydrogens (primary N) is 3. The summed E-state index contributed by atoms with van der Waals surface area (Å²) in [5.74, 6) is -1.19. The number of amides is 1. The Hall–Kier alpha value is -1.86. The molecule has 46 heavy (non-hydrogen) atoms.